The molecular formula is C12H17BrN2O2S. The third-order valence-corrected chi connectivity index (χ3v) is 5.72. The normalized spacial score (nSPS) is 24.0. The van der Waals surface area contributed by atoms with Crippen molar-refractivity contribution in [3.05, 3.63) is 28.5 Å². The van der Waals surface area contributed by atoms with Gasteiger partial charge in [0.05, 0.1) is 11.5 Å². The van der Waals surface area contributed by atoms with Gasteiger partial charge in [0.2, 0.25) is 0 Å². The third kappa shape index (κ3) is 3.52. The molecule has 1 aliphatic rings. The van der Waals surface area contributed by atoms with Crippen LogP contribution in [0.15, 0.2) is 22.9 Å². The van der Waals surface area contributed by atoms with Gasteiger partial charge in [-0.1, -0.05) is 0 Å². The fraction of sp³-hybridized carbons (Fsp3) is 0.583. The van der Waals surface area contributed by atoms with Gasteiger partial charge in [0, 0.05) is 16.9 Å². The van der Waals surface area contributed by atoms with Crippen LogP contribution < -0.4 is 5.73 Å². The smallest absolute Gasteiger partial charge is 0.150 e. The molecule has 2 heterocycles. The zero-order chi connectivity index (χ0) is 13.2. The standard InChI is InChI=1S/C12H17BrN2O2S/c13-12-4-9(6-15-7-12)3-11(5-14)10-1-2-18(16,17)8-10/h4,6-7,10-11H,1-3,5,8,14H2. The van der Waals surface area contributed by atoms with E-state index in [1.807, 2.05) is 12.3 Å². The number of aromatic nitrogens is 1. The summed E-state index contributed by atoms with van der Waals surface area (Å²) >= 11 is 3.39. The molecule has 1 fully saturated rings. The van der Waals surface area contributed by atoms with E-state index in [9.17, 15) is 8.42 Å². The summed E-state index contributed by atoms with van der Waals surface area (Å²) in [5.41, 5.74) is 6.90. The molecule has 4 nitrogen and oxygen atoms in total. The second kappa shape index (κ2) is 5.67. The molecule has 2 rings (SSSR count). The van der Waals surface area contributed by atoms with Crippen molar-refractivity contribution in [2.24, 2.45) is 17.6 Å². The topological polar surface area (TPSA) is 73.0 Å². The Morgan fingerprint density at radius 3 is 2.83 bits per heavy atom. The summed E-state index contributed by atoms with van der Waals surface area (Å²) in [6.45, 7) is 0.521. The van der Waals surface area contributed by atoms with Gasteiger partial charge in [0.1, 0.15) is 0 Å². The lowest BCUT2D eigenvalue weighted by Gasteiger charge is -2.20. The molecule has 1 aromatic heterocycles. The van der Waals surface area contributed by atoms with Gasteiger partial charge in [0.15, 0.2) is 9.84 Å². The average Bonchev–Trinajstić information content (AvgIpc) is 2.66. The van der Waals surface area contributed by atoms with Crippen molar-refractivity contribution in [1.82, 2.24) is 4.98 Å². The number of nitrogens with two attached hydrogens (primary N) is 1. The molecule has 1 aliphatic heterocycles. The van der Waals surface area contributed by atoms with Crippen LogP contribution in [-0.4, -0.2) is 31.5 Å². The summed E-state index contributed by atoms with van der Waals surface area (Å²) in [5.74, 6) is 1.01. The van der Waals surface area contributed by atoms with Gasteiger partial charge in [-0.3, -0.25) is 4.98 Å². The van der Waals surface area contributed by atoms with Gasteiger partial charge in [-0.25, -0.2) is 8.42 Å². The van der Waals surface area contributed by atoms with Crippen molar-refractivity contribution >= 4 is 25.8 Å². The molecular weight excluding hydrogens is 316 g/mol. The molecule has 0 aromatic carbocycles. The number of pyridine rings is 1. The van der Waals surface area contributed by atoms with Crippen LogP contribution in [0, 0.1) is 11.8 Å². The van der Waals surface area contributed by atoms with Crippen LogP contribution >= 0.6 is 15.9 Å². The van der Waals surface area contributed by atoms with Gasteiger partial charge in [-0.15, -0.1) is 0 Å². The zero-order valence-corrected chi connectivity index (χ0v) is 12.5. The summed E-state index contributed by atoms with van der Waals surface area (Å²) in [7, 11) is -2.83. The summed E-state index contributed by atoms with van der Waals surface area (Å²) in [6, 6.07) is 2.01. The first-order valence-corrected chi connectivity index (χ1v) is 8.61. The predicted octanol–water partition coefficient (Wildman–Crippen LogP) is 1.40. The van der Waals surface area contributed by atoms with Gasteiger partial charge in [0.25, 0.3) is 0 Å². The van der Waals surface area contributed by atoms with Gasteiger partial charge < -0.3 is 5.73 Å². The van der Waals surface area contributed by atoms with Gasteiger partial charge in [-0.2, -0.15) is 0 Å². The zero-order valence-electron chi connectivity index (χ0n) is 10.0. The Morgan fingerprint density at radius 2 is 2.28 bits per heavy atom. The number of sulfone groups is 1. The highest BCUT2D eigenvalue weighted by molar-refractivity contribution is 9.10. The lowest BCUT2D eigenvalue weighted by molar-refractivity contribution is 0.370. The molecule has 100 valence electrons. The van der Waals surface area contributed by atoms with Crippen molar-refractivity contribution in [1.29, 1.82) is 0 Å². The summed E-state index contributed by atoms with van der Waals surface area (Å²) in [6.07, 6.45) is 5.09. The van der Waals surface area contributed by atoms with E-state index in [0.717, 1.165) is 22.9 Å². The minimum atomic E-state index is -2.83. The van der Waals surface area contributed by atoms with E-state index in [2.05, 4.69) is 20.9 Å². The van der Waals surface area contributed by atoms with Gasteiger partial charge >= 0.3 is 0 Å². The van der Waals surface area contributed by atoms with Crippen LogP contribution in [0.3, 0.4) is 0 Å². The van der Waals surface area contributed by atoms with E-state index < -0.39 is 9.84 Å². The predicted molar refractivity (Wildman–Crippen MR) is 74.9 cm³/mol. The van der Waals surface area contributed by atoms with Crippen LogP contribution in [0.4, 0.5) is 0 Å². The van der Waals surface area contributed by atoms with Crippen LogP contribution in [0.1, 0.15) is 12.0 Å². The molecule has 1 aromatic rings. The van der Waals surface area contributed by atoms with E-state index in [-0.39, 0.29) is 17.6 Å². The van der Waals surface area contributed by atoms with Crippen molar-refractivity contribution in [2.75, 3.05) is 18.1 Å². The van der Waals surface area contributed by atoms with Gasteiger partial charge in [-0.05, 0) is 58.8 Å². The van der Waals surface area contributed by atoms with Crippen molar-refractivity contribution in [3.8, 4) is 0 Å². The largest absolute Gasteiger partial charge is 0.330 e. The molecule has 0 aliphatic carbocycles. The Kier molecular flexibility index (Phi) is 4.40. The number of nitrogens with zero attached hydrogens (tertiary/aromatic N) is 1. The molecule has 2 unspecified atom stereocenters. The van der Waals surface area contributed by atoms with Crippen molar-refractivity contribution in [3.63, 3.8) is 0 Å². The maximum atomic E-state index is 11.5. The molecule has 2 atom stereocenters. The fourth-order valence-electron chi connectivity index (χ4n) is 2.51. The second-order valence-electron chi connectivity index (χ2n) is 4.87. The SMILES string of the molecule is NCC(Cc1cncc(Br)c1)C1CCS(=O)(=O)C1. The van der Waals surface area contributed by atoms with Crippen LogP contribution in [0.25, 0.3) is 0 Å². The molecule has 2 N–H and O–H groups in total. The Morgan fingerprint density at radius 1 is 1.50 bits per heavy atom. The van der Waals surface area contributed by atoms with E-state index in [4.69, 9.17) is 5.73 Å². The monoisotopic (exact) mass is 332 g/mol. The minimum Gasteiger partial charge on any atom is -0.330 e. The first-order chi connectivity index (χ1) is 8.50. The highest BCUT2D eigenvalue weighted by Gasteiger charge is 2.33. The quantitative estimate of drug-likeness (QED) is 0.904. The number of rotatable bonds is 4. The number of hydrogen-bond acceptors (Lipinski definition) is 4. The number of halogens is 1. The lowest BCUT2D eigenvalue weighted by Crippen LogP contribution is -2.26. The second-order valence-corrected chi connectivity index (χ2v) is 8.02. The molecule has 18 heavy (non-hydrogen) atoms. The third-order valence-electron chi connectivity index (χ3n) is 3.50. The highest BCUT2D eigenvalue weighted by Crippen LogP contribution is 2.28. The summed E-state index contributed by atoms with van der Waals surface area (Å²) in [4.78, 5) is 4.12. The van der Waals surface area contributed by atoms with E-state index >= 15 is 0 Å². The van der Waals surface area contributed by atoms with Crippen molar-refractivity contribution < 1.29 is 8.42 Å². The average molecular weight is 333 g/mol. The maximum Gasteiger partial charge on any atom is 0.150 e. The highest BCUT2D eigenvalue weighted by atomic mass is 79.9. The Balaban J connectivity index is 2.06. The molecule has 0 amide bonds. The minimum absolute atomic E-state index is 0.194. The van der Waals surface area contributed by atoms with E-state index in [0.29, 0.717) is 12.3 Å². The molecule has 0 spiro atoms. The lowest BCUT2D eigenvalue weighted by atomic mass is 9.87. The molecule has 0 radical (unpaired) electrons. The number of hydrogen-bond donors (Lipinski definition) is 1. The first kappa shape index (κ1) is 14.0. The Hall–Kier alpha value is -0.460. The molecule has 0 saturated carbocycles. The van der Waals surface area contributed by atoms with Crippen molar-refractivity contribution in [2.45, 2.75) is 12.8 Å². The molecule has 0 bridgehead atoms. The van der Waals surface area contributed by atoms with E-state index in [1.54, 1.807) is 6.20 Å². The fourth-order valence-corrected chi connectivity index (χ4v) is 4.84. The summed E-state index contributed by atoms with van der Waals surface area (Å²) in [5, 5.41) is 0. The molecule has 6 heteroatoms. The molecule has 1 saturated heterocycles. The Labute approximate surface area is 116 Å². The maximum absolute atomic E-state index is 11.5. The summed E-state index contributed by atoms with van der Waals surface area (Å²) < 4.78 is 24.0. The van der Waals surface area contributed by atoms with Crippen LogP contribution in [-0.2, 0) is 16.3 Å². The van der Waals surface area contributed by atoms with Crippen LogP contribution in [0.5, 0.6) is 0 Å². The Bertz CT molecular complexity index is 519. The van der Waals surface area contributed by atoms with Crippen LogP contribution in [0.2, 0.25) is 0 Å². The van der Waals surface area contributed by atoms with E-state index in [1.165, 1.54) is 0 Å². The first-order valence-electron chi connectivity index (χ1n) is 6.00.